The molecule has 15 heavy (non-hydrogen) atoms. The second-order valence-corrected chi connectivity index (χ2v) is 4.71. The van der Waals surface area contributed by atoms with Gasteiger partial charge in [0.15, 0.2) is 30.9 Å². The molecule has 1 aliphatic rings. The summed E-state index contributed by atoms with van der Waals surface area (Å²) in [6.45, 7) is 0. The van der Waals surface area contributed by atoms with Crippen LogP contribution >= 0.6 is 0 Å². The monoisotopic (exact) mass is 253 g/mol. The highest BCUT2D eigenvalue weighted by Crippen LogP contribution is 2.34. The Labute approximate surface area is 82.0 Å². The minimum Gasteiger partial charge on any atom is -0.748 e. The molecular weight excluding hydrogens is 247 g/mol. The van der Waals surface area contributed by atoms with Crippen LogP contribution in [0.1, 0.15) is 0 Å². The highest BCUT2D eigenvalue weighted by Gasteiger charge is 2.56. The summed E-state index contributed by atoms with van der Waals surface area (Å²) in [5.41, 5.74) is 0. The van der Waals surface area contributed by atoms with Crippen molar-refractivity contribution in [2.24, 2.45) is 0 Å². The molecule has 1 rings (SSSR count). The second-order valence-electron chi connectivity index (χ2n) is 3.18. The van der Waals surface area contributed by atoms with Crippen LogP contribution < -0.4 is 0 Å². The molecule has 1 aliphatic carbocycles. The average molecular weight is 253 g/mol. The van der Waals surface area contributed by atoms with E-state index in [1.165, 1.54) is 0 Å². The maximum absolute atomic E-state index is 12.8. The molecule has 0 heterocycles. The summed E-state index contributed by atoms with van der Waals surface area (Å²) in [6.07, 6.45) is -15.8. The third-order valence-electron chi connectivity index (χ3n) is 2.18. The zero-order valence-electron chi connectivity index (χ0n) is 6.99. The fourth-order valence-electron chi connectivity index (χ4n) is 1.38. The number of halogens is 5. The molecule has 0 radical (unpaired) electrons. The molecule has 4 atom stereocenters. The Balaban J connectivity index is 3.08. The van der Waals surface area contributed by atoms with Crippen molar-refractivity contribution in [1.29, 1.82) is 0 Å². The van der Waals surface area contributed by atoms with E-state index in [1.54, 1.807) is 0 Å². The first kappa shape index (κ1) is 12.6. The normalized spacial score (nSPS) is 47.9. The number of alkyl halides is 5. The van der Waals surface area contributed by atoms with E-state index < -0.39 is 46.2 Å². The van der Waals surface area contributed by atoms with Crippen LogP contribution in [-0.2, 0) is 10.1 Å². The molecule has 0 N–H and O–H groups in total. The summed E-state index contributed by atoms with van der Waals surface area (Å²) in [5, 5.41) is -3.03. The highest BCUT2D eigenvalue weighted by molar-refractivity contribution is 7.86. The molecule has 0 amide bonds. The van der Waals surface area contributed by atoms with Crippen molar-refractivity contribution in [3.8, 4) is 0 Å². The Hall–Kier alpha value is -0.440. The molecular formula is C6H6F5O3S-. The van der Waals surface area contributed by atoms with Crippen molar-refractivity contribution >= 4 is 10.1 Å². The van der Waals surface area contributed by atoms with Crippen molar-refractivity contribution in [1.82, 2.24) is 0 Å². The summed E-state index contributed by atoms with van der Waals surface area (Å²) in [6, 6.07) is 0. The molecule has 90 valence electrons. The Morgan fingerprint density at radius 3 is 1.27 bits per heavy atom. The third-order valence-corrected chi connectivity index (χ3v) is 3.36. The first-order chi connectivity index (χ1) is 6.68. The maximum Gasteiger partial charge on any atom is 0.168 e. The summed E-state index contributed by atoms with van der Waals surface area (Å²) < 4.78 is 94.3. The van der Waals surface area contributed by atoms with Gasteiger partial charge in [0.2, 0.25) is 0 Å². The predicted octanol–water partition coefficient (Wildman–Crippen LogP) is 0.604. The van der Waals surface area contributed by atoms with Gasteiger partial charge in [-0.25, -0.2) is 30.4 Å². The van der Waals surface area contributed by atoms with Gasteiger partial charge in [0.25, 0.3) is 0 Å². The zero-order chi connectivity index (χ0) is 12.0. The van der Waals surface area contributed by atoms with Crippen molar-refractivity contribution in [3.63, 3.8) is 0 Å². The molecule has 9 heteroatoms. The summed E-state index contributed by atoms with van der Waals surface area (Å²) >= 11 is 0. The fraction of sp³-hybridized carbons (Fsp3) is 1.00. The second kappa shape index (κ2) is 3.85. The molecule has 0 bridgehead atoms. The minimum absolute atomic E-state index is 3.03. The molecule has 0 aromatic carbocycles. The van der Waals surface area contributed by atoms with Gasteiger partial charge in [-0.1, -0.05) is 0 Å². The summed E-state index contributed by atoms with van der Waals surface area (Å²) in [7, 11) is -5.56. The molecule has 3 nitrogen and oxygen atoms in total. The Bertz CT molecular complexity index is 318. The standard InChI is InChI=1S/C6H7F5O3S/c7-1-2(8)4(10)6(15(12,13)14)5(11)3(1)9/h1-6H,(H,12,13,14)/p-1. The third kappa shape index (κ3) is 2.07. The number of hydrogen-bond acceptors (Lipinski definition) is 3. The zero-order valence-corrected chi connectivity index (χ0v) is 7.80. The van der Waals surface area contributed by atoms with E-state index in [1.807, 2.05) is 0 Å². The minimum atomic E-state index is -5.56. The van der Waals surface area contributed by atoms with Gasteiger partial charge in [-0.3, -0.25) is 0 Å². The van der Waals surface area contributed by atoms with Gasteiger partial charge in [0.05, 0.1) is 0 Å². The summed E-state index contributed by atoms with van der Waals surface area (Å²) in [4.78, 5) is 0. The van der Waals surface area contributed by atoms with E-state index in [-0.39, 0.29) is 0 Å². The van der Waals surface area contributed by atoms with Crippen LogP contribution in [-0.4, -0.2) is 49.1 Å². The number of hydrogen-bond donors (Lipinski definition) is 0. The van der Waals surface area contributed by atoms with Crippen LogP contribution in [0.4, 0.5) is 22.0 Å². The lowest BCUT2D eigenvalue weighted by Crippen LogP contribution is -2.58. The predicted molar refractivity (Wildman–Crippen MR) is 38.0 cm³/mol. The van der Waals surface area contributed by atoms with Crippen molar-refractivity contribution in [2.45, 2.75) is 36.1 Å². The molecule has 0 aromatic rings. The van der Waals surface area contributed by atoms with Crippen molar-refractivity contribution in [2.75, 3.05) is 0 Å². The summed E-state index contributed by atoms with van der Waals surface area (Å²) in [5.74, 6) is 0. The topological polar surface area (TPSA) is 57.2 Å². The van der Waals surface area contributed by atoms with E-state index in [2.05, 4.69) is 0 Å². The first-order valence-electron chi connectivity index (χ1n) is 3.83. The first-order valence-corrected chi connectivity index (χ1v) is 5.30. The Morgan fingerprint density at radius 2 is 1.00 bits per heavy atom. The number of rotatable bonds is 1. The Morgan fingerprint density at radius 1 is 0.733 bits per heavy atom. The van der Waals surface area contributed by atoms with Gasteiger partial charge in [0.1, 0.15) is 15.4 Å². The van der Waals surface area contributed by atoms with Crippen LogP contribution in [0.3, 0.4) is 0 Å². The van der Waals surface area contributed by atoms with Gasteiger partial charge in [-0.2, -0.15) is 0 Å². The maximum atomic E-state index is 12.8. The van der Waals surface area contributed by atoms with Gasteiger partial charge >= 0.3 is 0 Å². The van der Waals surface area contributed by atoms with E-state index in [0.717, 1.165) is 0 Å². The van der Waals surface area contributed by atoms with Gasteiger partial charge < -0.3 is 4.55 Å². The lowest BCUT2D eigenvalue weighted by molar-refractivity contribution is -0.0490. The molecule has 1 saturated carbocycles. The molecule has 0 aromatic heterocycles. The van der Waals surface area contributed by atoms with Gasteiger partial charge in [-0.05, 0) is 0 Å². The highest BCUT2D eigenvalue weighted by atomic mass is 32.2. The lowest BCUT2D eigenvalue weighted by atomic mass is 9.91. The fourth-order valence-corrected chi connectivity index (χ4v) is 2.32. The van der Waals surface area contributed by atoms with Crippen LogP contribution in [0, 0.1) is 0 Å². The molecule has 4 unspecified atom stereocenters. The SMILES string of the molecule is O=S(=O)([O-])C1C(F)C(F)C(F)C(F)C1F. The Kier molecular flexibility index (Phi) is 3.24. The van der Waals surface area contributed by atoms with Crippen LogP contribution in [0.15, 0.2) is 0 Å². The van der Waals surface area contributed by atoms with Crippen molar-refractivity contribution < 1.29 is 34.9 Å². The molecule has 0 spiro atoms. The molecule has 1 fully saturated rings. The smallest absolute Gasteiger partial charge is 0.168 e. The van der Waals surface area contributed by atoms with E-state index >= 15 is 0 Å². The van der Waals surface area contributed by atoms with Crippen LogP contribution in [0.5, 0.6) is 0 Å². The molecule has 0 aliphatic heterocycles. The van der Waals surface area contributed by atoms with Crippen LogP contribution in [0.2, 0.25) is 0 Å². The van der Waals surface area contributed by atoms with E-state index in [0.29, 0.717) is 0 Å². The van der Waals surface area contributed by atoms with E-state index in [9.17, 15) is 34.9 Å². The van der Waals surface area contributed by atoms with Crippen LogP contribution in [0.25, 0.3) is 0 Å². The van der Waals surface area contributed by atoms with Gasteiger partial charge in [0, 0.05) is 0 Å². The molecule has 0 saturated heterocycles. The largest absolute Gasteiger partial charge is 0.748 e. The average Bonchev–Trinajstić information content (AvgIpc) is 2.09. The van der Waals surface area contributed by atoms with Crippen molar-refractivity contribution in [3.05, 3.63) is 0 Å². The quantitative estimate of drug-likeness (QED) is 0.508. The van der Waals surface area contributed by atoms with Gasteiger partial charge in [-0.15, -0.1) is 0 Å². The lowest BCUT2D eigenvalue weighted by Gasteiger charge is -2.37. The van der Waals surface area contributed by atoms with E-state index in [4.69, 9.17) is 0 Å².